The molecule has 7 rings (SSSR count). The van der Waals surface area contributed by atoms with Crippen LogP contribution in [-0.2, 0) is 36.8 Å². The van der Waals surface area contributed by atoms with Crippen LogP contribution in [-0.4, -0.2) is 28.3 Å². The van der Waals surface area contributed by atoms with Crippen LogP contribution in [0.5, 0.6) is 0 Å². The van der Waals surface area contributed by atoms with Gasteiger partial charge in [-0.2, -0.15) is 0 Å². The average molecular weight is 629 g/mol. The van der Waals surface area contributed by atoms with Crippen molar-refractivity contribution in [2.24, 2.45) is 0 Å². The van der Waals surface area contributed by atoms with E-state index in [2.05, 4.69) is 34.2 Å². The molecule has 0 N–H and O–H groups in total. The zero-order chi connectivity index (χ0) is 30.6. The first-order chi connectivity index (χ1) is 21.4. The van der Waals surface area contributed by atoms with E-state index in [0.717, 1.165) is 65.2 Å². The maximum absolute atomic E-state index is 13.8. The van der Waals surface area contributed by atoms with Crippen molar-refractivity contribution < 1.29 is 23.1 Å². The van der Waals surface area contributed by atoms with E-state index in [1.807, 2.05) is 31.2 Å². The fourth-order valence-corrected chi connectivity index (χ4v) is 7.79. The van der Waals surface area contributed by atoms with Gasteiger partial charge in [-0.05, 0) is 79.8 Å². The van der Waals surface area contributed by atoms with E-state index in [-0.39, 0.29) is 23.7 Å². The van der Waals surface area contributed by atoms with Gasteiger partial charge in [0.15, 0.2) is 10.8 Å². The maximum atomic E-state index is 13.8. The van der Waals surface area contributed by atoms with Crippen LogP contribution >= 0.6 is 22.7 Å². The van der Waals surface area contributed by atoms with Crippen molar-refractivity contribution in [1.82, 2.24) is 9.97 Å². The minimum Gasteiger partial charge on any atom is -0.461 e. The number of carbonyl (C=O) groups excluding carboxylic acids is 2. The molecule has 5 aromatic rings. The number of fused-ring (bicyclic) bond motifs is 6. The van der Waals surface area contributed by atoms with Crippen LogP contribution in [0.25, 0.3) is 20.9 Å². The molecule has 0 saturated carbocycles. The van der Waals surface area contributed by atoms with Crippen molar-refractivity contribution in [3.05, 3.63) is 116 Å². The number of halogens is 2. The molecule has 9 heteroatoms. The Bertz CT molecular complexity index is 1830. The minimum absolute atomic E-state index is 0.196. The highest BCUT2D eigenvalue weighted by molar-refractivity contribution is 7.17. The van der Waals surface area contributed by atoms with Gasteiger partial charge >= 0.3 is 5.97 Å². The van der Waals surface area contributed by atoms with Crippen LogP contribution in [0.3, 0.4) is 0 Å². The highest BCUT2D eigenvalue weighted by atomic mass is 32.1. The summed E-state index contributed by atoms with van der Waals surface area (Å²) >= 11 is 2.78. The van der Waals surface area contributed by atoms with Crippen LogP contribution in [0.2, 0.25) is 0 Å². The molecule has 0 fully saturated rings. The second-order valence-corrected chi connectivity index (χ2v) is 12.6. The second kappa shape index (κ2) is 13.3. The molecule has 224 valence electrons. The van der Waals surface area contributed by atoms with E-state index >= 15 is 0 Å². The molecule has 0 atom stereocenters. The lowest BCUT2D eigenvalue weighted by molar-refractivity contribution is 0.0525. The van der Waals surface area contributed by atoms with Gasteiger partial charge in [-0.1, -0.05) is 54.6 Å². The lowest BCUT2D eigenvalue weighted by Gasteiger charge is -2.04. The van der Waals surface area contributed by atoms with E-state index in [0.29, 0.717) is 16.6 Å². The summed E-state index contributed by atoms with van der Waals surface area (Å²) in [5, 5.41) is 0.799. The van der Waals surface area contributed by atoms with Gasteiger partial charge in [0.1, 0.15) is 11.6 Å². The summed E-state index contributed by atoms with van der Waals surface area (Å²) < 4.78 is 32.6. The predicted molar refractivity (Wildman–Crippen MR) is 169 cm³/mol. The fourth-order valence-electron chi connectivity index (χ4n) is 5.61. The smallest absolute Gasteiger partial charge is 0.367 e. The number of rotatable bonds is 5. The third-order valence-corrected chi connectivity index (χ3v) is 10.0. The zero-order valence-electron chi connectivity index (χ0n) is 24.2. The summed E-state index contributed by atoms with van der Waals surface area (Å²) in [5.74, 6) is -2.05. The first kappa shape index (κ1) is 30.0. The standard InChI is InChI=1S/C20H15F2NOS.C15H15NO2S/c21-15-8-4-9-16(22)14(15)11-18(24)20-23-17-10-3-6-12-5-1-2-7-13(12)19(17)25-20;1-2-18-15(17)14-16-12-9-5-7-10-6-3-4-8-11(10)13(12)19-14/h1-2,4-5,7-9H,3,6,10-11H2;3-4,6,8H,2,5,7,9H2,1H3. The van der Waals surface area contributed by atoms with Crippen molar-refractivity contribution >= 4 is 34.4 Å². The highest BCUT2D eigenvalue weighted by Gasteiger charge is 2.24. The molecule has 2 aliphatic rings. The number of ether oxygens (including phenoxy) is 1. The number of esters is 1. The van der Waals surface area contributed by atoms with E-state index in [4.69, 9.17) is 4.74 Å². The van der Waals surface area contributed by atoms with Gasteiger partial charge in [-0.3, -0.25) is 4.79 Å². The van der Waals surface area contributed by atoms with Crippen LogP contribution in [0.15, 0.2) is 66.7 Å². The van der Waals surface area contributed by atoms with Crippen molar-refractivity contribution in [1.29, 1.82) is 0 Å². The number of hydrogen-bond acceptors (Lipinski definition) is 7. The third kappa shape index (κ3) is 6.25. The second-order valence-electron chi connectivity index (χ2n) is 10.6. The Labute approximate surface area is 262 Å². The third-order valence-electron chi connectivity index (χ3n) is 7.73. The van der Waals surface area contributed by atoms with Crippen LogP contribution in [0.4, 0.5) is 8.78 Å². The number of aryl methyl sites for hydroxylation is 4. The number of aromatic nitrogens is 2. The monoisotopic (exact) mass is 628 g/mol. The predicted octanol–water partition coefficient (Wildman–Crippen LogP) is 8.48. The van der Waals surface area contributed by atoms with Gasteiger partial charge in [0.05, 0.1) is 27.7 Å². The molecule has 0 saturated heterocycles. The molecule has 3 aromatic carbocycles. The Kier molecular flexibility index (Phi) is 9.04. The molecule has 0 bridgehead atoms. The average Bonchev–Trinajstić information content (AvgIpc) is 3.56. The number of nitrogens with zero attached hydrogens (tertiary/aromatic N) is 2. The number of Topliss-reactive ketones (excluding diaryl/α,β-unsaturated/α-hetero) is 1. The summed E-state index contributed by atoms with van der Waals surface area (Å²) in [5.41, 5.74) is 6.69. The van der Waals surface area contributed by atoms with Crippen molar-refractivity contribution in [2.75, 3.05) is 6.61 Å². The Hall–Kier alpha value is -4.08. The topological polar surface area (TPSA) is 69.2 Å². The van der Waals surface area contributed by atoms with Crippen molar-refractivity contribution in [3.63, 3.8) is 0 Å². The molecule has 0 unspecified atom stereocenters. The molecular formula is C35H30F2N2O3S2. The summed E-state index contributed by atoms with van der Waals surface area (Å²) in [4.78, 5) is 35.4. The van der Waals surface area contributed by atoms with Gasteiger partial charge < -0.3 is 4.74 Å². The maximum Gasteiger partial charge on any atom is 0.367 e. The Morgan fingerprint density at radius 3 is 1.82 bits per heavy atom. The molecule has 44 heavy (non-hydrogen) atoms. The number of hydrogen-bond donors (Lipinski definition) is 0. The van der Waals surface area contributed by atoms with Gasteiger partial charge in [0.25, 0.3) is 0 Å². The van der Waals surface area contributed by atoms with E-state index in [9.17, 15) is 18.4 Å². The van der Waals surface area contributed by atoms with Gasteiger partial charge in [-0.15, -0.1) is 22.7 Å². The fraction of sp³-hybridized carbons (Fsp3) is 0.257. The van der Waals surface area contributed by atoms with Crippen LogP contribution in [0, 0.1) is 11.6 Å². The molecule has 2 heterocycles. The van der Waals surface area contributed by atoms with E-state index in [1.165, 1.54) is 57.6 Å². The van der Waals surface area contributed by atoms with Crippen molar-refractivity contribution in [2.45, 2.75) is 51.9 Å². The van der Waals surface area contributed by atoms with Crippen molar-refractivity contribution in [3.8, 4) is 20.9 Å². The van der Waals surface area contributed by atoms with Crippen LogP contribution in [0.1, 0.15) is 67.4 Å². The molecule has 2 aromatic heterocycles. The number of ketones is 1. The minimum atomic E-state index is -0.697. The zero-order valence-corrected chi connectivity index (χ0v) is 25.8. The Balaban J connectivity index is 0.000000162. The summed E-state index contributed by atoms with van der Waals surface area (Å²) in [6.45, 7) is 2.20. The summed E-state index contributed by atoms with van der Waals surface area (Å²) in [6.07, 6.45) is 5.55. The number of benzene rings is 3. The van der Waals surface area contributed by atoms with Gasteiger partial charge in [0.2, 0.25) is 5.01 Å². The van der Waals surface area contributed by atoms with Gasteiger partial charge in [-0.25, -0.2) is 23.5 Å². The molecule has 5 nitrogen and oxygen atoms in total. The lowest BCUT2D eigenvalue weighted by atomic mass is 10.0. The van der Waals surface area contributed by atoms with Crippen LogP contribution < -0.4 is 0 Å². The van der Waals surface area contributed by atoms with Gasteiger partial charge in [0, 0.05) is 12.0 Å². The molecule has 2 aliphatic carbocycles. The highest BCUT2D eigenvalue weighted by Crippen LogP contribution is 2.38. The molecule has 0 aliphatic heterocycles. The van der Waals surface area contributed by atoms with E-state index in [1.54, 1.807) is 0 Å². The van der Waals surface area contributed by atoms with E-state index < -0.39 is 11.6 Å². The quantitative estimate of drug-likeness (QED) is 0.144. The normalized spacial score (nSPS) is 13.2. The lowest BCUT2D eigenvalue weighted by Crippen LogP contribution is -2.07. The first-order valence-electron chi connectivity index (χ1n) is 14.7. The summed E-state index contributed by atoms with van der Waals surface area (Å²) in [7, 11) is 0. The number of thiazole rings is 2. The molecule has 0 amide bonds. The number of carbonyl (C=O) groups is 2. The molecule has 0 spiro atoms. The largest absolute Gasteiger partial charge is 0.461 e. The summed E-state index contributed by atoms with van der Waals surface area (Å²) in [6, 6.07) is 20.1. The molecular weight excluding hydrogens is 599 g/mol. The Morgan fingerprint density at radius 1 is 0.727 bits per heavy atom. The SMILES string of the molecule is CCOC(=O)c1nc2c(s1)-c1ccccc1CCC2.O=C(Cc1c(F)cccc1F)c1nc2c(s1)-c1ccccc1CCC2. The first-order valence-corrected chi connectivity index (χ1v) is 16.4. The Morgan fingerprint density at radius 2 is 1.25 bits per heavy atom. The molecule has 0 radical (unpaired) electrons.